The van der Waals surface area contributed by atoms with Crippen molar-refractivity contribution in [2.45, 2.75) is 33.1 Å². The molecular formula is C11H14O. The Hall–Kier alpha value is -0.850. The van der Waals surface area contributed by atoms with E-state index < -0.39 is 0 Å². The lowest BCUT2D eigenvalue weighted by atomic mass is 9.86. The third-order valence-corrected chi connectivity index (χ3v) is 3.04. The third kappa shape index (κ3) is 1.04. The van der Waals surface area contributed by atoms with Gasteiger partial charge >= 0.3 is 0 Å². The molecule has 2 aliphatic carbocycles. The van der Waals surface area contributed by atoms with E-state index in [1.807, 2.05) is 0 Å². The molecule has 64 valence electrons. The first kappa shape index (κ1) is 7.78. The van der Waals surface area contributed by atoms with E-state index in [9.17, 15) is 4.79 Å². The second-order valence-electron chi connectivity index (χ2n) is 3.93. The van der Waals surface area contributed by atoms with E-state index in [1.54, 1.807) is 0 Å². The van der Waals surface area contributed by atoms with Gasteiger partial charge in [-0.25, -0.2) is 0 Å². The zero-order valence-electron chi connectivity index (χ0n) is 7.68. The zero-order valence-corrected chi connectivity index (χ0v) is 7.68. The average molecular weight is 162 g/mol. The van der Waals surface area contributed by atoms with Crippen molar-refractivity contribution in [1.29, 1.82) is 0 Å². The van der Waals surface area contributed by atoms with Gasteiger partial charge in [0.25, 0.3) is 0 Å². The number of carbonyl (C=O) groups excluding carboxylic acids is 1. The number of allylic oxidation sites excluding steroid dienone is 4. The first-order valence-corrected chi connectivity index (χ1v) is 4.62. The van der Waals surface area contributed by atoms with E-state index in [0.717, 1.165) is 24.8 Å². The summed E-state index contributed by atoms with van der Waals surface area (Å²) in [6.45, 7) is 4.36. The Labute approximate surface area is 73.2 Å². The van der Waals surface area contributed by atoms with Gasteiger partial charge < -0.3 is 0 Å². The van der Waals surface area contributed by atoms with Crippen LogP contribution < -0.4 is 0 Å². The third-order valence-electron chi connectivity index (χ3n) is 3.04. The highest BCUT2D eigenvalue weighted by Crippen LogP contribution is 2.36. The fourth-order valence-corrected chi connectivity index (χ4v) is 2.03. The Morgan fingerprint density at radius 2 is 2.17 bits per heavy atom. The molecule has 1 heteroatoms. The fraction of sp³-hybridized carbons (Fsp3) is 0.545. The van der Waals surface area contributed by atoms with Gasteiger partial charge in [0, 0.05) is 12.0 Å². The largest absolute Gasteiger partial charge is 0.294 e. The van der Waals surface area contributed by atoms with E-state index in [2.05, 4.69) is 19.9 Å². The summed E-state index contributed by atoms with van der Waals surface area (Å²) in [7, 11) is 0. The number of hydrogen-bond donors (Lipinski definition) is 0. The minimum Gasteiger partial charge on any atom is -0.294 e. The maximum Gasteiger partial charge on any atom is 0.163 e. The van der Waals surface area contributed by atoms with Gasteiger partial charge in [-0.1, -0.05) is 24.1 Å². The van der Waals surface area contributed by atoms with Crippen LogP contribution in [0.2, 0.25) is 0 Å². The molecule has 2 rings (SSSR count). The van der Waals surface area contributed by atoms with E-state index in [4.69, 9.17) is 0 Å². The van der Waals surface area contributed by atoms with Gasteiger partial charge in [0.15, 0.2) is 5.78 Å². The minimum absolute atomic E-state index is 0.358. The molecule has 0 spiro atoms. The monoisotopic (exact) mass is 162 g/mol. The van der Waals surface area contributed by atoms with Crippen LogP contribution in [-0.2, 0) is 4.79 Å². The molecule has 0 saturated heterocycles. The van der Waals surface area contributed by atoms with Gasteiger partial charge in [-0.15, -0.1) is 0 Å². The number of ketones is 1. The molecular weight excluding hydrogens is 148 g/mol. The second-order valence-corrected chi connectivity index (χ2v) is 3.93. The SMILES string of the molecule is CC1=CC2=C(CCC2=O)CC1C. The highest BCUT2D eigenvalue weighted by atomic mass is 16.1. The summed E-state index contributed by atoms with van der Waals surface area (Å²) in [4.78, 5) is 11.4. The van der Waals surface area contributed by atoms with Crippen molar-refractivity contribution in [3.63, 3.8) is 0 Å². The van der Waals surface area contributed by atoms with Crippen LogP contribution in [-0.4, -0.2) is 5.78 Å². The quantitative estimate of drug-likeness (QED) is 0.535. The lowest BCUT2D eigenvalue weighted by molar-refractivity contribution is -0.114. The maximum absolute atomic E-state index is 11.4. The molecule has 0 fully saturated rings. The molecule has 0 N–H and O–H groups in total. The van der Waals surface area contributed by atoms with Gasteiger partial charge in [-0.2, -0.15) is 0 Å². The molecule has 2 aliphatic rings. The Balaban J connectivity index is 2.38. The first-order chi connectivity index (χ1) is 5.68. The van der Waals surface area contributed by atoms with Gasteiger partial charge in [0.05, 0.1) is 0 Å². The molecule has 0 saturated carbocycles. The molecule has 0 aromatic heterocycles. The van der Waals surface area contributed by atoms with Crippen LogP contribution in [0.1, 0.15) is 33.1 Å². The van der Waals surface area contributed by atoms with Crippen molar-refractivity contribution in [1.82, 2.24) is 0 Å². The summed E-state index contributed by atoms with van der Waals surface area (Å²) >= 11 is 0. The molecule has 0 aromatic carbocycles. The highest BCUT2D eigenvalue weighted by molar-refractivity contribution is 6.01. The van der Waals surface area contributed by atoms with Crippen molar-refractivity contribution in [3.8, 4) is 0 Å². The van der Waals surface area contributed by atoms with Crippen molar-refractivity contribution in [2.75, 3.05) is 0 Å². The predicted molar refractivity (Wildman–Crippen MR) is 48.8 cm³/mol. The smallest absolute Gasteiger partial charge is 0.163 e. The molecule has 0 aliphatic heterocycles. The number of carbonyl (C=O) groups is 1. The Morgan fingerprint density at radius 1 is 1.42 bits per heavy atom. The number of hydrogen-bond acceptors (Lipinski definition) is 1. The molecule has 1 nitrogen and oxygen atoms in total. The Morgan fingerprint density at radius 3 is 2.92 bits per heavy atom. The molecule has 1 unspecified atom stereocenters. The Kier molecular flexibility index (Phi) is 1.67. The maximum atomic E-state index is 11.4. The lowest BCUT2D eigenvalue weighted by Gasteiger charge is -2.18. The van der Waals surface area contributed by atoms with Crippen molar-refractivity contribution >= 4 is 5.78 Å². The van der Waals surface area contributed by atoms with Crippen LogP contribution >= 0.6 is 0 Å². The molecule has 0 heterocycles. The van der Waals surface area contributed by atoms with Gasteiger partial charge in [0.1, 0.15) is 0 Å². The summed E-state index contributed by atoms with van der Waals surface area (Å²) in [5.41, 5.74) is 3.80. The van der Waals surface area contributed by atoms with Crippen molar-refractivity contribution in [3.05, 3.63) is 22.8 Å². The first-order valence-electron chi connectivity index (χ1n) is 4.62. The standard InChI is InChI=1S/C11H14O/c1-7-5-9-3-4-11(12)10(9)6-8(7)2/h6-7H,3-5H2,1-2H3. The summed E-state index contributed by atoms with van der Waals surface area (Å²) in [5, 5.41) is 0. The summed E-state index contributed by atoms with van der Waals surface area (Å²) in [6.07, 6.45) is 4.98. The van der Waals surface area contributed by atoms with Crippen molar-refractivity contribution < 1.29 is 4.79 Å². The Bertz CT molecular complexity index is 294. The lowest BCUT2D eigenvalue weighted by Crippen LogP contribution is -2.06. The van der Waals surface area contributed by atoms with Crippen LogP contribution in [0.25, 0.3) is 0 Å². The second kappa shape index (κ2) is 2.58. The van der Waals surface area contributed by atoms with E-state index >= 15 is 0 Å². The number of Topliss-reactive ketones (excluding diaryl/α,β-unsaturated/α-hetero) is 1. The van der Waals surface area contributed by atoms with Gasteiger partial charge in [0.2, 0.25) is 0 Å². The topological polar surface area (TPSA) is 17.1 Å². The van der Waals surface area contributed by atoms with Crippen LogP contribution in [0.3, 0.4) is 0 Å². The molecule has 1 atom stereocenters. The van der Waals surface area contributed by atoms with Crippen LogP contribution in [0.4, 0.5) is 0 Å². The molecule has 0 aromatic rings. The molecule has 0 radical (unpaired) electrons. The summed E-state index contributed by atoms with van der Waals surface area (Å²) in [6, 6.07) is 0. The fourth-order valence-electron chi connectivity index (χ4n) is 2.03. The normalized spacial score (nSPS) is 29.0. The van der Waals surface area contributed by atoms with E-state index in [-0.39, 0.29) is 0 Å². The molecule has 0 amide bonds. The zero-order chi connectivity index (χ0) is 8.72. The molecule has 0 bridgehead atoms. The average Bonchev–Trinajstić information content (AvgIpc) is 2.35. The van der Waals surface area contributed by atoms with E-state index in [1.165, 1.54) is 11.1 Å². The number of rotatable bonds is 0. The van der Waals surface area contributed by atoms with Crippen LogP contribution in [0, 0.1) is 5.92 Å². The van der Waals surface area contributed by atoms with Crippen LogP contribution in [0.15, 0.2) is 22.8 Å². The summed E-state index contributed by atoms with van der Waals surface area (Å²) < 4.78 is 0. The van der Waals surface area contributed by atoms with Crippen LogP contribution in [0.5, 0.6) is 0 Å². The van der Waals surface area contributed by atoms with Gasteiger partial charge in [-0.05, 0) is 25.7 Å². The highest BCUT2D eigenvalue weighted by Gasteiger charge is 2.26. The predicted octanol–water partition coefficient (Wildman–Crippen LogP) is 2.63. The molecule has 12 heavy (non-hydrogen) atoms. The summed E-state index contributed by atoms with van der Waals surface area (Å²) in [5.74, 6) is 1.01. The van der Waals surface area contributed by atoms with E-state index in [0.29, 0.717) is 11.7 Å². The van der Waals surface area contributed by atoms with Crippen molar-refractivity contribution in [2.24, 2.45) is 5.92 Å². The van der Waals surface area contributed by atoms with Gasteiger partial charge in [-0.3, -0.25) is 4.79 Å². The minimum atomic E-state index is 0.358.